The second-order valence-electron chi connectivity index (χ2n) is 5.75. The lowest BCUT2D eigenvalue weighted by Gasteiger charge is -2.02. The fraction of sp³-hybridized carbons (Fsp3) is 0.158. The Bertz CT molecular complexity index is 1000. The van der Waals surface area contributed by atoms with Crippen LogP contribution in [-0.2, 0) is 6.42 Å². The summed E-state index contributed by atoms with van der Waals surface area (Å²) in [5.41, 5.74) is 3.28. The van der Waals surface area contributed by atoms with Crippen molar-refractivity contribution in [3.63, 3.8) is 0 Å². The highest BCUT2D eigenvalue weighted by Crippen LogP contribution is 2.29. The molecule has 0 radical (unpaired) electrons. The molecule has 0 atom stereocenters. The summed E-state index contributed by atoms with van der Waals surface area (Å²) in [6.45, 7) is 3.95. The molecule has 0 bridgehead atoms. The third-order valence-corrected chi connectivity index (χ3v) is 5.51. The monoisotopic (exact) mass is 417 g/mol. The Kier molecular flexibility index (Phi) is 6.55. The standard InChI is InChI=1S/C16H12Cl2N2S.C3H5N3/c1-10-15(9-11-2-3-13(17)14(18)8-11)20-16(21-10)12-4-6-19-7-5-12;1-3-4-2-5-6-3/h2-8H,9H2,1H3;2H,1H3,(H,4,5,6). The molecule has 0 aliphatic rings. The van der Waals surface area contributed by atoms with Gasteiger partial charge in [-0.25, -0.2) is 9.97 Å². The van der Waals surface area contributed by atoms with E-state index in [4.69, 9.17) is 28.2 Å². The minimum Gasteiger partial charge on any atom is -0.265 e. The smallest absolute Gasteiger partial charge is 0.137 e. The molecule has 4 rings (SSSR count). The van der Waals surface area contributed by atoms with Crippen molar-refractivity contribution < 1.29 is 0 Å². The molecule has 0 aliphatic heterocycles. The Morgan fingerprint density at radius 1 is 1.04 bits per heavy atom. The summed E-state index contributed by atoms with van der Waals surface area (Å²) in [5.74, 6) is 0.856. The van der Waals surface area contributed by atoms with Gasteiger partial charge in [0.25, 0.3) is 0 Å². The van der Waals surface area contributed by atoms with E-state index >= 15 is 0 Å². The first kappa shape index (κ1) is 19.5. The van der Waals surface area contributed by atoms with Crippen LogP contribution < -0.4 is 0 Å². The van der Waals surface area contributed by atoms with Crippen LogP contribution in [0.15, 0.2) is 49.1 Å². The van der Waals surface area contributed by atoms with Gasteiger partial charge in [-0.3, -0.25) is 10.1 Å². The number of hydrogen-bond acceptors (Lipinski definition) is 5. The largest absolute Gasteiger partial charge is 0.265 e. The number of aryl methyl sites for hydroxylation is 2. The van der Waals surface area contributed by atoms with Crippen LogP contribution in [0, 0.1) is 13.8 Å². The highest BCUT2D eigenvalue weighted by Gasteiger charge is 2.10. The molecule has 0 saturated carbocycles. The third-order valence-electron chi connectivity index (χ3n) is 3.71. The topological polar surface area (TPSA) is 67.3 Å². The molecule has 3 aromatic heterocycles. The SMILES string of the molecule is Cc1ncn[nH]1.Cc1sc(-c2ccncc2)nc1Cc1ccc(Cl)c(Cl)c1. The Morgan fingerprint density at radius 2 is 1.81 bits per heavy atom. The summed E-state index contributed by atoms with van der Waals surface area (Å²) in [7, 11) is 0. The summed E-state index contributed by atoms with van der Waals surface area (Å²) in [5, 5.41) is 8.40. The van der Waals surface area contributed by atoms with Gasteiger partial charge in [-0.05, 0) is 43.7 Å². The number of hydrogen-bond donors (Lipinski definition) is 1. The average molecular weight is 418 g/mol. The van der Waals surface area contributed by atoms with Crippen LogP contribution in [0.4, 0.5) is 0 Å². The van der Waals surface area contributed by atoms with E-state index in [1.165, 1.54) is 11.2 Å². The molecule has 0 amide bonds. The van der Waals surface area contributed by atoms with Crippen molar-refractivity contribution in [2.24, 2.45) is 0 Å². The maximum absolute atomic E-state index is 6.06. The van der Waals surface area contributed by atoms with Crippen molar-refractivity contribution in [3.8, 4) is 10.6 Å². The van der Waals surface area contributed by atoms with Crippen LogP contribution in [0.5, 0.6) is 0 Å². The van der Waals surface area contributed by atoms with E-state index in [2.05, 4.69) is 27.1 Å². The number of aromatic nitrogens is 5. The molecule has 0 spiro atoms. The fourth-order valence-corrected chi connectivity index (χ4v) is 3.58. The Hall–Kier alpha value is -2.28. The zero-order valence-corrected chi connectivity index (χ0v) is 17.1. The molecule has 0 aliphatic carbocycles. The number of nitrogens with one attached hydrogen (secondary N) is 1. The number of rotatable bonds is 3. The van der Waals surface area contributed by atoms with Gasteiger partial charge in [0.2, 0.25) is 0 Å². The first-order valence-electron chi connectivity index (χ1n) is 8.15. The van der Waals surface area contributed by atoms with Crippen molar-refractivity contribution in [2.75, 3.05) is 0 Å². The van der Waals surface area contributed by atoms with Crippen molar-refractivity contribution in [1.29, 1.82) is 0 Å². The number of halogens is 2. The summed E-state index contributed by atoms with van der Waals surface area (Å²) in [4.78, 5) is 13.7. The predicted molar refractivity (Wildman–Crippen MR) is 110 cm³/mol. The molecule has 5 nitrogen and oxygen atoms in total. The van der Waals surface area contributed by atoms with Gasteiger partial charge in [-0.15, -0.1) is 11.3 Å². The summed E-state index contributed by atoms with van der Waals surface area (Å²) >= 11 is 13.7. The molecule has 138 valence electrons. The minimum absolute atomic E-state index is 0.577. The maximum atomic E-state index is 6.06. The zero-order chi connectivity index (χ0) is 19.2. The molecule has 1 aromatic carbocycles. The van der Waals surface area contributed by atoms with E-state index in [0.29, 0.717) is 10.0 Å². The Morgan fingerprint density at radius 3 is 2.41 bits per heavy atom. The van der Waals surface area contributed by atoms with E-state index in [1.807, 2.05) is 37.3 Å². The highest BCUT2D eigenvalue weighted by molar-refractivity contribution is 7.15. The number of H-pyrrole nitrogens is 1. The second-order valence-corrected chi connectivity index (χ2v) is 7.77. The zero-order valence-electron chi connectivity index (χ0n) is 14.8. The van der Waals surface area contributed by atoms with Gasteiger partial charge in [0.05, 0.1) is 15.7 Å². The van der Waals surface area contributed by atoms with Crippen molar-refractivity contribution in [1.82, 2.24) is 25.1 Å². The van der Waals surface area contributed by atoms with E-state index < -0.39 is 0 Å². The van der Waals surface area contributed by atoms with Crippen molar-refractivity contribution in [3.05, 3.63) is 81.1 Å². The van der Waals surface area contributed by atoms with Crippen LogP contribution in [0.1, 0.15) is 22.0 Å². The van der Waals surface area contributed by atoms with Crippen LogP contribution in [-0.4, -0.2) is 25.1 Å². The lowest BCUT2D eigenvalue weighted by Crippen LogP contribution is -1.91. The Labute approximate surface area is 171 Å². The van der Waals surface area contributed by atoms with Gasteiger partial charge in [0.1, 0.15) is 17.2 Å². The van der Waals surface area contributed by atoms with Crippen molar-refractivity contribution in [2.45, 2.75) is 20.3 Å². The molecular formula is C19H17Cl2N5S. The molecule has 27 heavy (non-hydrogen) atoms. The quantitative estimate of drug-likeness (QED) is 0.476. The first-order valence-corrected chi connectivity index (χ1v) is 9.73. The van der Waals surface area contributed by atoms with Crippen LogP contribution in [0.2, 0.25) is 10.0 Å². The van der Waals surface area contributed by atoms with Gasteiger partial charge < -0.3 is 0 Å². The number of thiazole rings is 1. The second kappa shape index (κ2) is 9.08. The van der Waals surface area contributed by atoms with E-state index in [-0.39, 0.29) is 0 Å². The molecule has 1 N–H and O–H groups in total. The molecule has 3 heterocycles. The molecule has 8 heteroatoms. The van der Waals surface area contributed by atoms with Gasteiger partial charge in [0.15, 0.2) is 0 Å². The van der Waals surface area contributed by atoms with E-state index in [1.54, 1.807) is 23.7 Å². The summed E-state index contributed by atoms with van der Waals surface area (Å²) < 4.78 is 0. The average Bonchev–Trinajstić information content (AvgIpc) is 3.29. The van der Waals surface area contributed by atoms with Crippen LogP contribution in [0.3, 0.4) is 0 Å². The number of aromatic amines is 1. The lowest BCUT2D eigenvalue weighted by molar-refractivity contribution is 1.04. The molecule has 4 aromatic rings. The van der Waals surface area contributed by atoms with Crippen LogP contribution >= 0.6 is 34.5 Å². The van der Waals surface area contributed by atoms with Crippen molar-refractivity contribution >= 4 is 34.5 Å². The fourth-order valence-electron chi connectivity index (χ4n) is 2.32. The number of benzene rings is 1. The van der Waals surface area contributed by atoms with E-state index in [0.717, 1.165) is 34.1 Å². The normalized spacial score (nSPS) is 10.4. The highest BCUT2D eigenvalue weighted by atomic mass is 35.5. The van der Waals surface area contributed by atoms with Gasteiger partial charge in [0, 0.05) is 29.3 Å². The van der Waals surface area contributed by atoms with E-state index in [9.17, 15) is 0 Å². The molecule has 0 unspecified atom stereocenters. The predicted octanol–water partition coefficient (Wildman–Crippen LogP) is 5.52. The third kappa shape index (κ3) is 5.35. The summed E-state index contributed by atoms with van der Waals surface area (Å²) in [6.07, 6.45) is 5.80. The van der Waals surface area contributed by atoms with Crippen LogP contribution in [0.25, 0.3) is 10.6 Å². The number of nitrogens with zero attached hydrogens (tertiary/aromatic N) is 4. The summed E-state index contributed by atoms with van der Waals surface area (Å²) in [6, 6.07) is 9.65. The minimum atomic E-state index is 0.577. The number of pyridine rings is 1. The molecular weight excluding hydrogens is 401 g/mol. The maximum Gasteiger partial charge on any atom is 0.137 e. The Balaban J connectivity index is 0.000000299. The lowest BCUT2D eigenvalue weighted by atomic mass is 10.1. The van der Waals surface area contributed by atoms with Gasteiger partial charge >= 0.3 is 0 Å². The molecule has 0 fully saturated rings. The van der Waals surface area contributed by atoms with Gasteiger partial charge in [-0.2, -0.15) is 5.10 Å². The van der Waals surface area contributed by atoms with Gasteiger partial charge in [-0.1, -0.05) is 29.3 Å². The molecule has 0 saturated heterocycles. The first-order chi connectivity index (χ1) is 13.0.